The maximum Gasteiger partial charge on any atom is 0.159 e. The molecule has 0 spiro atoms. The Hall–Kier alpha value is -1.29. The Labute approximate surface area is 97.2 Å². The van der Waals surface area contributed by atoms with Gasteiger partial charge < -0.3 is 0 Å². The second-order valence-corrected chi connectivity index (χ2v) is 4.25. The molecule has 2 rings (SSSR count). The molecule has 2 heterocycles. The maximum atomic E-state index is 4.26. The van der Waals surface area contributed by atoms with Crippen molar-refractivity contribution in [1.29, 1.82) is 0 Å². The van der Waals surface area contributed by atoms with Crippen LogP contribution >= 0.6 is 15.9 Å². The molecular formula is C11H12BrN3. The van der Waals surface area contributed by atoms with Gasteiger partial charge in [0.1, 0.15) is 0 Å². The van der Waals surface area contributed by atoms with Gasteiger partial charge in [-0.15, -0.1) is 0 Å². The van der Waals surface area contributed by atoms with Crippen LogP contribution in [-0.2, 0) is 0 Å². The van der Waals surface area contributed by atoms with E-state index in [-0.39, 0.29) is 0 Å². The van der Waals surface area contributed by atoms with Crippen molar-refractivity contribution in [3.63, 3.8) is 0 Å². The highest BCUT2D eigenvalue weighted by Gasteiger charge is 2.03. The number of halogens is 1. The van der Waals surface area contributed by atoms with Crippen molar-refractivity contribution in [2.24, 2.45) is 0 Å². The Balaban J connectivity index is 2.34. The Morgan fingerprint density at radius 2 is 1.87 bits per heavy atom. The molecule has 2 aromatic heterocycles. The first-order chi connectivity index (χ1) is 7.18. The number of hydrogen-bond acceptors (Lipinski definition) is 2. The predicted octanol–water partition coefficient (Wildman–Crippen LogP) is 3.14. The van der Waals surface area contributed by atoms with E-state index in [0.29, 0.717) is 0 Å². The molecule has 0 aliphatic heterocycles. The van der Waals surface area contributed by atoms with Gasteiger partial charge in [0.25, 0.3) is 0 Å². The lowest BCUT2D eigenvalue weighted by molar-refractivity contribution is 0.869. The van der Waals surface area contributed by atoms with Gasteiger partial charge in [-0.3, -0.25) is 10.1 Å². The summed E-state index contributed by atoms with van der Waals surface area (Å²) in [4.78, 5) is 4.26. The first-order valence-electron chi connectivity index (χ1n) is 4.71. The number of rotatable bonds is 2. The molecule has 3 nitrogen and oxygen atoms in total. The fourth-order valence-electron chi connectivity index (χ4n) is 1.42. The van der Waals surface area contributed by atoms with Gasteiger partial charge in [-0.25, -0.2) is 4.98 Å². The van der Waals surface area contributed by atoms with Crippen LogP contribution in [0.1, 0.15) is 11.4 Å². The zero-order valence-electron chi connectivity index (χ0n) is 8.66. The number of pyridine rings is 1. The summed E-state index contributed by atoms with van der Waals surface area (Å²) in [6.45, 7) is 4.10. The van der Waals surface area contributed by atoms with Crippen molar-refractivity contribution >= 4 is 21.7 Å². The molecule has 0 bridgehead atoms. The molecule has 0 amide bonds. The minimum absolute atomic E-state index is 0.819. The molecule has 0 aromatic carbocycles. The van der Waals surface area contributed by atoms with E-state index in [2.05, 4.69) is 52.3 Å². The first kappa shape index (κ1) is 10.2. The maximum absolute atomic E-state index is 4.26. The minimum Gasteiger partial charge on any atom is -0.277 e. The Bertz CT molecular complexity index is 457. The van der Waals surface area contributed by atoms with E-state index >= 15 is 0 Å². The van der Waals surface area contributed by atoms with Crippen LogP contribution in [0.3, 0.4) is 0 Å². The highest BCUT2D eigenvalue weighted by atomic mass is 79.9. The third-order valence-corrected chi connectivity index (χ3v) is 2.89. The van der Waals surface area contributed by atoms with Gasteiger partial charge in [-0.05, 0) is 54.0 Å². The van der Waals surface area contributed by atoms with Crippen molar-refractivity contribution in [3.8, 4) is 0 Å². The summed E-state index contributed by atoms with van der Waals surface area (Å²) >= 11 is 3.45. The van der Waals surface area contributed by atoms with Crippen LogP contribution in [0.2, 0.25) is 0 Å². The molecule has 0 aliphatic rings. The number of nitrogens with one attached hydrogen (secondary N) is 1. The van der Waals surface area contributed by atoms with Gasteiger partial charge in [0.05, 0.1) is 4.47 Å². The average molecular weight is 266 g/mol. The lowest BCUT2D eigenvalue weighted by Crippen LogP contribution is -2.13. The van der Waals surface area contributed by atoms with Crippen molar-refractivity contribution in [2.45, 2.75) is 13.8 Å². The van der Waals surface area contributed by atoms with E-state index in [9.17, 15) is 0 Å². The summed E-state index contributed by atoms with van der Waals surface area (Å²) in [6, 6.07) is 7.99. The Morgan fingerprint density at radius 1 is 1.20 bits per heavy atom. The summed E-state index contributed by atoms with van der Waals surface area (Å²) in [5.41, 5.74) is 5.56. The molecule has 0 saturated heterocycles. The largest absolute Gasteiger partial charge is 0.277 e. The second kappa shape index (κ2) is 4.06. The summed E-state index contributed by atoms with van der Waals surface area (Å²) in [5, 5.41) is 0. The van der Waals surface area contributed by atoms with Crippen LogP contribution in [0.15, 0.2) is 34.9 Å². The quantitative estimate of drug-likeness (QED) is 0.904. The van der Waals surface area contributed by atoms with E-state index < -0.39 is 0 Å². The average Bonchev–Trinajstić information content (AvgIpc) is 2.53. The summed E-state index contributed by atoms with van der Waals surface area (Å²) in [5.74, 6) is 0.819. The lowest BCUT2D eigenvalue weighted by atomic mass is 10.5. The molecule has 78 valence electrons. The molecule has 0 fully saturated rings. The third-order valence-electron chi connectivity index (χ3n) is 2.25. The highest BCUT2D eigenvalue weighted by Crippen LogP contribution is 2.19. The van der Waals surface area contributed by atoms with Gasteiger partial charge in [0.15, 0.2) is 5.82 Å². The van der Waals surface area contributed by atoms with Gasteiger partial charge in [-0.1, -0.05) is 0 Å². The standard InChI is InChI=1S/C11H12BrN3/c1-8-5-6-9(2)15(8)14-11-10(12)4-3-7-13-11/h3-7H,1-2H3,(H,13,14). The van der Waals surface area contributed by atoms with Crippen LogP contribution in [0.4, 0.5) is 5.82 Å². The number of aromatic nitrogens is 2. The van der Waals surface area contributed by atoms with Crippen molar-refractivity contribution in [3.05, 3.63) is 46.3 Å². The van der Waals surface area contributed by atoms with Gasteiger partial charge >= 0.3 is 0 Å². The molecule has 2 aromatic rings. The predicted molar refractivity (Wildman–Crippen MR) is 64.9 cm³/mol. The normalized spacial score (nSPS) is 10.3. The van der Waals surface area contributed by atoms with Crippen LogP contribution in [0.25, 0.3) is 0 Å². The number of anilines is 1. The molecule has 0 radical (unpaired) electrons. The monoisotopic (exact) mass is 265 g/mol. The van der Waals surface area contributed by atoms with E-state index in [1.54, 1.807) is 6.20 Å². The first-order valence-corrected chi connectivity index (χ1v) is 5.50. The summed E-state index contributed by atoms with van der Waals surface area (Å²) in [7, 11) is 0. The summed E-state index contributed by atoms with van der Waals surface area (Å²) < 4.78 is 2.96. The SMILES string of the molecule is Cc1ccc(C)n1Nc1ncccc1Br. The fourth-order valence-corrected chi connectivity index (χ4v) is 1.76. The minimum atomic E-state index is 0.819. The van der Waals surface area contributed by atoms with Gasteiger partial charge in [-0.2, -0.15) is 0 Å². The molecular weight excluding hydrogens is 254 g/mol. The van der Waals surface area contributed by atoms with Crippen LogP contribution in [0, 0.1) is 13.8 Å². The van der Waals surface area contributed by atoms with Crippen molar-refractivity contribution in [2.75, 3.05) is 5.43 Å². The molecule has 0 atom stereocenters. The van der Waals surface area contributed by atoms with E-state index in [4.69, 9.17) is 0 Å². The lowest BCUT2D eigenvalue weighted by Gasteiger charge is -2.12. The third kappa shape index (κ3) is 2.04. The van der Waals surface area contributed by atoms with Gasteiger partial charge in [0, 0.05) is 17.6 Å². The molecule has 0 saturated carbocycles. The number of aryl methyl sites for hydroxylation is 2. The molecule has 4 heteroatoms. The molecule has 0 aliphatic carbocycles. The van der Waals surface area contributed by atoms with Crippen LogP contribution in [-0.4, -0.2) is 9.66 Å². The fraction of sp³-hybridized carbons (Fsp3) is 0.182. The van der Waals surface area contributed by atoms with Gasteiger partial charge in [0.2, 0.25) is 0 Å². The highest BCUT2D eigenvalue weighted by molar-refractivity contribution is 9.10. The zero-order chi connectivity index (χ0) is 10.8. The van der Waals surface area contributed by atoms with E-state index in [1.165, 1.54) is 0 Å². The van der Waals surface area contributed by atoms with Crippen molar-refractivity contribution in [1.82, 2.24) is 9.66 Å². The van der Waals surface area contributed by atoms with Crippen LogP contribution < -0.4 is 5.43 Å². The number of hydrogen-bond donors (Lipinski definition) is 1. The Kier molecular flexibility index (Phi) is 2.77. The van der Waals surface area contributed by atoms with Crippen LogP contribution in [0.5, 0.6) is 0 Å². The van der Waals surface area contributed by atoms with E-state index in [1.807, 2.05) is 16.8 Å². The Morgan fingerprint density at radius 3 is 2.47 bits per heavy atom. The second-order valence-electron chi connectivity index (χ2n) is 3.40. The van der Waals surface area contributed by atoms with Crippen molar-refractivity contribution < 1.29 is 0 Å². The summed E-state index contributed by atoms with van der Waals surface area (Å²) in [6.07, 6.45) is 1.77. The topological polar surface area (TPSA) is 29.9 Å². The number of nitrogens with zero attached hydrogens (tertiary/aromatic N) is 2. The molecule has 1 N–H and O–H groups in total. The smallest absolute Gasteiger partial charge is 0.159 e. The zero-order valence-corrected chi connectivity index (χ0v) is 10.2. The molecule has 0 unspecified atom stereocenters. The van der Waals surface area contributed by atoms with E-state index in [0.717, 1.165) is 21.7 Å². The molecule has 15 heavy (non-hydrogen) atoms.